The zero-order chi connectivity index (χ0) is 11.4. The molecule has 5 heteroatoms. The van der Waals surface area contributed by atoms with Crippen molar-refractivity contribution in [2.75, 3.05) is 0 Å². The molecule has 0 spiro atoms. The molecule has 2 heterocycles. The summed E-state index contributed by atoms with van der Waals surface area (Å²) in [4.78, 5) is 8.15. The first-order chi connectivity index (χ1) is 7.79. The predicted molar refractivity (Wildman–Crippen MR) is 64.1 cm³/mol. The average molecular weight is 280 g/mol. The highest BCUT2D eigenvalue weighted by Crippen LogP contribution is 2.24. The summed E-state index contributed by atoms with van der Waals surface area (Å²) in [5.74, 6) is 1.31. The van der Waals surface area contributed by atoms with E-state index in [1.165, 1.54) is 0 Å². The second-order valence-electron chi connectivity index (χ2n) is 3.09. The number of hydrogen-bond acceptors (Lipinski definition) is 4. The number of nitrogens with two attached hydrogens (primary N) is 1. The summed E-state index contributed by atoms with van der Waals surface area (Å²) in [6, 6.07) is 5.47. The number of halogens is 1. The van der Waals surface area contributed by atoms with Gasteiger partial charge in [-0.1, -0.05) is 0 Å². The van der Waals surface area contributed by atoms with Gasteiger partial charge in [-0.2, -0.15) is 0 Å². The zero-order valence-corrected chi connectivity index (χ0v) is 10.0. The molecule has 0 atom stereocenters. The van der Waals surface area contributed by atoms with Crippen molar-refractivity contribution >= 4 is 15.9 Å². The van der Waals surface area contributed by atoms with Gasteiger partial charge in [0.2, 0.25) is 0 Å². The van der Waals surface area contributed by atoms with Crippen molar-refractivity contribution in [2.24, 2.45) is 5.73 Å². The summed E-state index contributed by atoms with van der Waals surface area (Å²) in [7, 11) is 0. The third kappa shape index (κ3) is 2.56. The van der Waals surface area contributed by atoms with Crippen LogP contribution >= 0.6 is 15.9 Å². The molecule has 0 amide bonds. The fourth-order valence-corrected chi connectivity index (χ4v) is 1.59. The van der Waals surface area contributed by atoms with Gasteiger partial charge in [-0.15, -0.1) is 0 Å². The van der Waals surface area contributed by atoms with Crippen LogP contribution in [-0.4, -0.2) is 9.97 Å². The van der Waals surface area contributed by atoms with E-state index in [0.29, 0.717) is 18.0 Å². The molecule has 0 unspecified atom stereocenters. The highest BCUT2D eigenvalue weighted by Gasteiger charge is 2.04. The topological polar surface area (TPSA) is 61.0 Å². The molecule has 2 aromatic rings. The third-order valence-electron chi connectivity index (χ3n) is 1.95. The maximum absolute atomic E-state index is 5.65. The molecule has 0 radical (unpaired) electrons. The number of hydrogen-bond donors (Lipinski definition) is 1. The monoisotopic (exact) mass is 279 g/mol. The third-order valence-corrected chi connectivity index (χ3v) is 2.38. The largest absolute Gasteiger partial charge is 0.454 e. The lowest BCUT2D eigenvalue weighted by Gasteiger charge is -2.08. The fraction of sp³-hybridized carbons (Fsp3) is 0.0909. The van der Waals surface area contributed by atoms with E-state index in [2.05, 4.69) is 25.9 Å². The van der Waals surface area contributed by atoms with Crippen LogP contribution < -0.4 is 10.5 Å². The van der Waals surface area contributed by atoms with Crippen LogP contribution in [0.5, 0.6) is 11.5 Å². The van der Waals surface area contributed by atoms with E-state index in [0.717, 1.165) is 10.2 Å². The summed E-state index contributed by atoms with van der Waals surface area (Å²) >= 11 is 3.33. The van der Waals surface area contributed by atoms with Crippen molar-refractivity contribution in [3.63, 3.8) is 0 Å². The Kier molecular flexibility index (Phi) is 3.48. The quantitative estimate of drug-likeness (QED) is 0.938. The maximum atomic E-state index is 5.65. The summed E-state index contributed by atoms with van der Waals surface area (Å²) in [6.07, 6.45) is 5.02. The molecule has 0 fully saturated rings. The van der Waals surface area contributed by atoms with Crippen molar-refractivity contribution in [3.8, 4) is 11.5 Å². The predicted octanol–water partition coefficient (Wildman–Crippen LogP) is 2.49. The van der Waals surface area contributed by atoms with Crippen molar-refractivity contribution in [1.29, 1.82) is 0 Å². The van der Waals surface area contributed by atoms with Gasteiger partial charge in [-0.05, 0) is 34.1 Å². The first kappa shape index (κ1) is 11.0. The smallest absolute Gasteiger partial charge is 0.150 e. The maximum Gasteiger partial charge on any atom is 0.150 e. The molecule has 0 saturated heterocycles. The van der Waals surface area contributed by atoms with Gasteiger partial charge < -0.3 is 10.5 Å². The normalized spacial score (nSPS) is 10.1. The second-order valence-corrected chi connectivity index (χ2v) is 4.01. The van der Waals surface area contributed by atoms with Crippen LogP contribution in [0.2, 0.25) is 0 Å². The fourth-order valence-electron chi connectivity index (χ4n) is 1.24. The number of rotatable bonds is 3. The van der Waals surface area contributed by atoms with Gasteiger partial charge in [0, 0.05) is 23.4 Å². The van der Waals surface area contributed by atoms with E-state index >= 15 is 0 Å². The summed E-state index contributed by atoms with van der Waals surface area (Å²) < 4.78 is 6.51. The van der Waals surface area contributed by atoms with E-state index < -0.39 is 0 Å². The molecule has 2 aromatic heterocycles. The molecule has 0 aromatic carbocycles. The molecule has 0 aliphatic rings. The second kappa shape index (κ2) is 5.05. The Balaban J connectivity index is 2.26. The van der Waals surface area contributed by atoms with Crippen LogP contribution in [0, 0.1) is 0 Å². The molecule has 16 heavy (non-hydrogen) atoms. The van der Waals surface area contributed by atoms with Gasteiger partial charge in [0.15, 0.2) is 0 Å². The van der Waals surface area contributed by atoms with E-state index in [4.69, 9.17) is 10.5 Å². The minimum absolute atomic E-state index is 0.345. The van der Waals surface area contributed by atoms with Gasteiger partial charge in [-0.25, -0.2) is 0 Å². The Morgan fingerprint density at radius 1 is 1.38 bits per heavy atom. The molecule has 0 aliphatic carbocycles. The lowest BCUT2D eigenvalue weighted by molar-refractivity contribution is 0.470. The lowest BCUT2D eigenvalue weighted by atomic mass is 10.3. The van der Waals surface area contributed by atoms with Gasteiger partial charge >= 0.3 is 0 Å². The Morgan fingerprint density at radius 3 is 3.00 bits per heavy atom. The van der Waals surface area contributed by atoms with E-state index in [-0.39, 0.29) is 0 Å². The highest BCUT2D eigenvalue weighted by molar-refractivity contribution is 9.10. The van der Waals surface area contributed by atoms with Crippen LogP contribution in [0.15, 0.2) is 41.3 Å². The summed E-state index contributed by atoms with van der Waals surface area (Å²) in [6.45, 7) is 0.345. The molecule has 0 aliphatic heterocycles. The first-order valence-corrected chi connectivity index (χ1v) is 5.51. The Hall–Kier alpha value is -1.46. The van der Waals surface area contributed by atoms with Gasteiger partial charge in [0.25, 0.3) is 0 Å². The molecule has 0 saturated carbocycles. The molecule has 4 nitrogen and oxygen atoms in total. The average Bonchev–Trinajstić information content (AvgIpc) is 2.30. The number of pyridine rings is 2. The number of aromatic nitrogens is 2. The zero-order valence-electron chi connectivity index (χ0n) is 8.43. The Morgan fingerprint density at radius 2 is 2.25 bits per heavy atom. The molecule has 2 N–H and O–H groups in total. The number of ether oxygens (including phenoxy) is 1. The molecule has 82 valence electrons. The highest BCUT2D eigenvalue weighted by atomic mass is 79.9. The van der Waals surface area contributed by atoms with Crippen molar-refractivity contribution in [3.05, 3.63) is 47.0 Å². The molecular weight excluding hydrogens is 270 g/mol. The standard InChI is InChI=1S/C11H10BrN3O/c12-8-4-9(7-14-6-8)16-11-2-1-3-15-10(11)5-13/h1-4,6-7H,5,13H2. The van der Waals surface area contributed by atoms with Crippen LogP contribution in [0.25, 0.3) is 0 Å². The summed E-state index contributed by atoms with van der Waals surface area (Å²) in [5.41, 5.74) is 6.29. The molecule has 2 rings (SSSR count). The Labute approximate surface area is 102 Å². The molecule has 0 bridgehead atoms. The SMILES string of the molecule is NCc1ncccc1Oc1cncc(Br)c1. The van der Waals surface area contributed by atoms with E-state index in [9.17, 15) is 0 Å². The minimum Gasteiger partial charge on any atom is -0.454 e. The van der Waals surface area contributed by atoms with Crippen molar-refractivity contribution < 1.29 is 4.74 Å². The number of nitrogens with zero attached hydrogens (tertiary/aromatic N) is 2. The van der Waals surface area contributed by atoms with Gasteiger partial charge in [0.05, 0.1) is 11.9 Å². The summed E-state index contributed by atoms with van der Waals surface area (Å²) in [5, 5.41) is 0. The van der Waals surface area contributed by atoms with Crippen LogP contribution in [0.1, 0.15) is 5.69 Å². The first-order valence-electron chi connectivity index (χ1n) is 4.72. The Bertz CT molecular complexity index is 490. The van der Waals surface area contributed by atoms with Crippen molar-refractivity contribution in [1.82, 2.24) is 9.97 Å². The van der Waals surface area contributed by atoms with Gasteiger partial charge in [0.1, 0.15) is 11.5 Å². The van der Waals surface area contributed by atoms with E-state index in [1.807, 2.05) is 12.1 Å². The molecular formula is C11H10BrN3O. The van der Waals surface area contributed by atoms with E-state index in [1.54, 1.807) is 24.7 Å². The van der Waals surface area contributed by atoms with Crippen LogP contribution in [-0.2, 0) is 6.54 Å². The lowest BCUT2D eigenvalue weighted by Crippen LogP contribution is -2.01. The van der Waals surface area contributed by atoms with Crippen LogP contribution in [0.3, 0.4) is 0 Å². The van der Waals surface area contributed by atoms with Crippen molar-refractivity contribution in [2.45, 2.75) is 6.54 Å². The van der Waals surface area contributed by atoms with Crippen LogP contribution in [0.4, 0.5) is 0 Å². The van der Waals surface area contributed by atoms with Gasteiger partial charge in [-0.3, -0.25) is 9.97 Å². The minimum atomic E-state index is 0.345.